The minimum Gasteiger partial charge on any atom is -0.345 e. The Labute approximate surface area is 183 Å². The van der Waals surface area contributed by atoms with Gasteiger partial charge in [0.2, 0.25) is 0 Å². The molecule has 4 heterocycles. The van der Waals surface area contributed by atoms with Crippen molar-refractivity contribution in [1.29, 1.82) is 0 Å². The lowest BCUT2D eigenvalue weighted by molar-refractivity contribution is 0.0697. The summed E-state index contributed by atoms with van der Waals surface area (Å²) >= 11 is 1.39. The van der Waals surface area contributed by atoms with Gasteiger partial charge in [0, 0.05) is 54.1 Å². The van der Waals surface area contributed by atoms with Crippen LogP contribution in [0.4, 0.5) is 0 Å². The Hall–Kier alpha value is -2.75. The van der Waals surface area contributed by atoms with Gasteiger partial charge in [0.05, 0.1) is 12.2 Å². The average molecular weight is 457 g/mol. The van der Waals surface area contributed by atoms with Crippen molar-refractivity contribution < 1.29 is 13.2 Å². The SMILES string of the molecule is C#Cc1ccc2[nH]c(S(=O)(=O)N3CCN(C(=O)c4nc5c(s4)CNNC5)CC3)cc2c1. The molecule has 2 aliphatic rings. The minimum atomic E-state index is -3.70. The normalized spacial score (nSPS) is 17.5. The molecule has 0 bridgehead atoms. The second-order valence-electron chi connectivity index (χ2n) is 7.37. The van der Waals surface area contributed by atoms with Crippen LogP contribution in [-0.2, 0) is 23.1 Å². The van der Waals surface area contributed by atoms with Gasteiger partial charge in [-0.2, -0.15) is 4.31 Å². The van der Waals surface area contributed by atoms with Gasteiger partial charge >= 0.3 is 0 Å². The Morgan fingerprint density at radius 1 is 1.13 bits per heavy atom. The highest BCUT2D eigenvalue weighted by molar-refractivity contribution is 7.89. The van der Waals surface area contributed by atoms with E-state index in [0.29, 0.717) is 42.3 Å². The van der Waals surface area contributed by atoms with Gasteiger partial charge in [-0.1, -0.05) is 5.92 Å². The highest BCUT2D eigenvalue weighted by atomic mass is 32.2. The lowest BCUT2D eigenvalue weighted by Gasteiger charge is -2.33. The molecule has 1 fully saturated rings. The number of carbonyl (C=O) groups is 1. The third kappa shape index (κ3) is 3.62. The standard InChI is InChI=1S/C20H20N6O3S2/c1-2-13-3-4-15-14(9-13)10-18(23-15)31(28,29)26-7-5-25(6-8-26)20(27)19-24-16-11-21-22-12-17(16)30-19/h1,3-4,9-10,21-23H,5-8,11-12H2. The molecular weight excluding hydrogens is 436 g/mol. The van der Waals surface area contributed by atoms with Gasteiger partial charge in [0.25, 0.3) is 15.9 Å². The molecule has 2 aromatic heterocycles. The summed E-state index contributed by atoms with van der Waals surface area (Å²) in [5, 5.41) is 1.33. The molecule has 1 amide bonds. The molecule has 0 spiro atoms. The molecule has 5 rings (SSSR count). The molecular formula is C20H20N6O3S2. The number of aromatic nitrogens is 2. The maximum atomic E-state index is 13.1. The maximum Gasteiger partial charge on any atom is 0.282 e. The Morgan fingerprint density at radius 3 is 2.65 bits per heavy atom. The number of nitrogens with zero attached hydrogens (tertiary/aromatic N) is 3. The van der Waals surface area contributed by atoms with Crippen LogP contribution in [0.25, 0.3) is 10.9 Å². The first-order chi connectivity index (χ1) is 15.0. The summed E-state index contributed by atoms with van der Waals surface area (Å²) in [5.41, 5.74) is 8.34. The van der Waals surface area contributed by atoms with Gasteiger partial charge < -0.3 is 9.88 Å². The summed E-state index contributed by atoms with van der Waals surface area (Å²) in [6, 6.07) is 6.92. The van der Waals surface area contributed by atoms with Crippen LogP contribution in [0, 0.1) is 12.3 Å². The first kappa shape index (κ1) is 20.2. The zero-order valence-corrected chi connectivity index (χ0v) is 18.1. The van der Waals surface area contributed by atoms with Crippen LogP contribution in [-0.4, -0.2) is 59.7 Å². The monoisotopic (exact) mass is 456 g/mol. The number of thiazole rings is 1. The van der Waals surface area contributed by atoms with E-state index in [2.05, 4.69) is 26.7 Å². The van der Waals surface area contributed by atoms with Crippen LogP contribution in [0.5, 0.6) is 0 Å². The number of carbonyl (C=O) groups excluding carboxylic acids is 1. The number of hydrazine groups is 1. The van der Waals surface area contributed by atoms with Gasteiger partial charge in [-0.3, -0.25) is 15.6 Å². The molecule has 3 aromatic rings. The number of hydrogen-bond donors (Lipinski definition) is 3. The lowest BCUT2D eigenvalue weighted by Crippen LogP contribution is -2.50. The predicted octanol–water partition coefficient (Wildman–Crippen LogP) is 0.860. The van der Waals surface area contributed by atoms with Gasteiger partial charge in [-0.05, 0) is 24.3 Å². The zero-order chi connectivity index (χ0) is 21.6. The summed E-state index contributed by atoms with van der Waals surface area (Å²) in [6.07, 6.45) is 5.43. The molecule has 1 aromatic carbocycles. The first-order valence-electron chi connectivity index (χ1n) is 9.79. The number of hydrogen-bond acceptors (Lipinski definition) is 7. The number of sulfonamides is 1. The van der Waals surface area contributed by atoms with E-state index >= 15 is 0 Å². The van der Waals surface area contributed by atoms with Crippen LogP contribution in [0.2, 0.25) is 0 Å². The summed E-state index contributed by atoms with van der Waals surface area (Å²) in [4.78, 5) is 23.0. The summed E-state index contributed by atoms with van der Waals surface area (Å²) in [5.74, 6) is 2.40. The molecule has 0 radical (unpaired) electrons. The first-order valence-corrected chi connectivity index (χ1v) is 12.0. The van der Waals surface area contributed by atoms with Crippen molar-refractivity contribution in [2.75, 3.05) is 26.2 Å². The Kier molecular flexibility index (Phi) is 5.04. The van der Waals surface area contributed by atoms with Gasteiger partial charge in [0.1, 0.15) is 5.03 Å². The molecule has 0 unspecified atom stereocenters. The van der Waals surface area contributed by atoms with E-state index in [4.69, 9.17) is 6.42 Å². The van der Waals surface area contributed by atoms with Crippen LogP contribution in [0.1, 0.15) is 25.9 Å². The molecule has 160 valence electrons. The van der Waals surface area contributed by atoms with Crippen molar-refractivity contribution in [3.05, 3.63) is 45.4 Å². The number of amides is 1. The van der Waals surface area contributed by atoms with Crippen LogP contribution in [0.15, 0.2) is 29.3 Å². The summed E-state index contributed by atoms with van der Waals surface area (Å²) in [6.45, 7) is 2.32. The minimum absolute atomic E-state index is 0.129. The smallest absolute Gasteiger partial charge is 0.282 e. The van der Waals surface area contributed by atoms with Crippen molar-refractivity contribution in [2.24, 2.45) is 0 Å². The van der Waals surface area contributed by atoms with E-state index < -0.39 is 10.0 Å². The van der Waals surface area contributed by atoms with Crippen LogP contribution in [0.3, 0.4) is 0 Å². The average Bonchev–Trinajstić information content (AvgIpc) is 3.42. The quantitative estimate of drug-likeness (QED) is 0.505. The largest absolute Gasteiger partial charge is 0.345 e. The van der Waals surface area contributed by atoms with E-state index in [-0.39, 0.29) is 24.0 Å². The Bertz CT molecular complexity index is 1290. The fourth-order valence-corrected chi connectivity index (χ4v) is 6.20. The van der Waals surface area contributed by atoms with Crippen molar-refractivity contribution in [1.82, 2.24) is 30.0 Å². The van der Waals surface area contributed by atoms with Gasteiger partial charge in [-0.25, -0.2) is 13.4 Å². The Balaban J connectivity index is 1.30. The third-order valence-corrected chi connectivity index (χ3v) is 8.40. The molecule has 0 saturated carbocycles. The van der Waals surface area contributed by atoms with Crippen molar-refractivity contribution in [3.8, 4) is 12.3 Å². The fourth-order valence-electron chi connectivity index (χ4n) is 3.78. The molecule has 31 heavy (non-hydrogen) atoms. The van der Waals surface area contributed by atoms with Gasteiger partial charge in [-0.15, -0.1) is 17.8 Å². The Morgan fingerprint density at radius 2 is 1.90 bits per heavy atom. The number of H-pyrrole nitrogens is 1. The van der Waals surface area contributed by atoms with E-state index in [1.165, 1.54) is 15.6 Å². The number of benzene rings is 1. The maximum absolute atomic E-state index is 13.1. The van der Waals surface area contributed by atoms with Gasteiger partial charge in [0.15, 0.2) is 5.01 Å². The molecule has 11 heteroatoms. The van der Waals surface area contributed by atoms with Crippen molar-refractivity contribution >= 4 is 38.2 Å². The van der Waals surface area contributed by atoms with E-state index in [1.807, 2.05) is 0 Å². The fraction of sp³-hybridized carbons (Fsp3) is 0.300. The second kappa shape index (κ2) is 7.74. The molecule has 3 N–H and O–H groups in total. The zero-order valence-electron chi connectivity index (χ0n) is 16.5. The molecule has 0 atom stereocenters. The topological polar surface area (TPSA) is 110 Å². The predicted molar refractivity (Wildman–Crippen MR) is 117 cm³/mol. The second-order valence-corrected chi connectivity index (χ2v) is 10.4. The van der Waals surface area contributed by atoms with E-state index in [1.54, 1.807) is 29.2 Å². The van der Waals surface area contributed by atoms with Crippen molar-refractivity contribution in [2.45, 2.75) is 18.1 Å². The molecule has 0 aliphatic carbocycles. The van der Waals surface area contributed by atoms with Crippen LogP contribution >= 0.6 is 11.3 Å². The molecule has 2 aliphatic heterocycles. The van der Waals surface area contributed by atoms with Crippen LogP contribution < -0.4 is 10.9 Å². The number of aromatic amines is 1. The number of nitrogens with one attached hydrogen (secondary N) is 3. The number of fused-ring (bicyclic) bond motifs is 2. The van der Waals surface area contributed by atoms with Crippen molar-refractivity contribution in [3.63, 3.8) is 0 Å². The summed E-state index contributed by atoms with van der Waals surface area (Å²) < 4.78 is 27.6. The number of terminal acetylenes is 1. The molecule has 1 saturated heterocycles. The van der Waals surface area contributed by atoms with E-state index in [0.717, 1.165) is 16.0 Å². The molecule has 9 nitrogen and oxygen atoms in total. The summed E-state index contributed by atoms with van der Waals surface area (Å²) in [7, 11) is -3.70. The highest BCUT2D eigenvalue weighted by Crippen LogP contribution is 2.25. The highest BCUT2D eigenvalue weighted by Gasteiger charge is 2.32. The lowest BCUT2D eigenvalue weighted by atomic mass is 10.2. The number of piperazine rings is 1. The van der Waals surface area contributed by atoms with E-state index in [9.17, 15) is 13.2 Å². The number of rotatable bonds is 3. The third-order valence-electron chi connectivity index (χ3n) is 5.50.